The molecule has 0 aliphatic carbocycles. The summed E-state index contributed by atoms with van der Waals surface area (Å²) < 4.78 is 1.98. The van der Waals surface area contributed by atoms with Crippen molar-refractivity contribution in [2.75, 3.05) is 11.2 Å². The summed E-state index contributed by atoms with van der Waals surface area (Å²) in [6.45, 7) is 0. The molecule has 0 bridgehead atoms. The molecule has 0 radical (unpaired) electrons. The van der Waals surface area contributed by atoms with E-state index in [2.05, 4.69) is 43.8 Å². The summed E-state index contributed by atoms with van der Waals surface area (Å²) in [4.78, 5) is 11.4. The van der Waals surface area contributed by atoms with E-state index in [9.17, 15) is 4.79 Å². The molecule has 2 nitrogen and oxygen atoms in total. The van der Waals surface area contributed by atoms with Gasteiger partial charge in [0.2, 0.25) is 5.91 Å². The van der Waals surface area contributed by atoms with Crippen LogP contribution in [0.4, 0.5) is 5.69 Å². The number of hydrogen-bond acceptors (Lipinski definition) is 1. The molecule has 0 aliphatic heterocycles. The van der Waals surface area contributed by atoms with E-state index >= 15 is 0 Å². The number of hydrogen-bond donors (Lipinski definition) is 1. The minimum atomic E-state index is -0.00153. The minimum absolute atomic E-state index is 0.00153. The zero-order valence-electron chi connectivity index (χ0n) is 7.90. The van der Waals surface area contributed by atoms with Crippen LogP contribution in [0.1, 0.15) is 12.8 Å². The van der Waals surface area contributed by atoms with Crippen LogP contribution in [0, 0.1) is 3.57 Å². The van der Waals surface area contributed by atoms with Crippen LogP contribution >= 0.6 is 50.1 Å². The average Bonchev–Trinajstić information content (AvgIpc) is 2.20. The normalized spacial score (nSPS) is 10.1. The van der Waals surface area contributed by atoms with Gasteiger partial charge in [-0.15, -0.1) is 11.6 Å². The Morgan fingerprint density at radius 1 is 1.53 bits per heavy atom. The van der Waals surface area contributed by atoms with Gasteiger partial charge in [0.25, 0.3) is 0 Å². The van der Waals surface area contributed by atoms with Gasteiger partial charge < -0.3 is 5.32 Å². The number of nitrogens with one attached hydrogen (secondary N) is 1. The summed E-state index contributed by atoms with van der Waals surface area (Å²) in [7, 11) is 0. The van der Waals surface area contributed by atoms with Crippen LogP contribution in [0.15, 0.2) is 22.7 Å². The Balaban J connectivity index is 2.63. The molecule has 1 aromatic carbocycles. The third-order valence-electron chi connectivity index (χ3n) is 1.74. The highest BCUT2D eigenvalue weighted by atomic mass is 127. The van der Waals surface area contributed by atoms with Crippen LogP contribution in [0.2, 0.25) is 0 Å². The Kier molecular flexibility index (Phi) is 5.92. The first-order chi connectivity index (χ1) is 7.13. The molecule has 0 fully saturated rings. The highest BCUT2D eigenvalue weighted by molar-refractivity contribution is 14.1. The number of benzene rings is 1. The van der Waals surface area contributed by atoms with Crippen LogP contribution in [-0.2, 0) is 4.79 Å². The van der Waals surface area contributed by atoms with Gasteiger partial charge in [-0.1, -0.05) is 0 Å². The Morgan fingerprint density at radius 2 is 2.27 bits per heavy atom. The van der Waals surface area contributed by atoms with Crippen LogP contribution in [0.5, 0.6) is 0 Å². The van der Waals surface area contributed by atoms with Crippen molar-refractivity contribution in [3.8, 4) is 0 Å². The molecule has 0 atom stereocenters. The SMILES string of the molecule is O=C(CCCCl)Nc1cc(I)ccc1Br. The van der Waals surface area contributed by atoms with Crippen molar-refractivity contribution in [2.24, 2.45) is 0 Å². The molecule has 0 saturated carbocycles. The fraction of sp³-hybridized carbons (Fsp3) is 0.300. The molecule has 5 heteroatoms. The van der Waals surface area contributed by atoms with E-state index in [1.807, 2.05) is 18.2 Å². The van der Waals surface area contributed by atoms with E-state index in [0.717, 1.165) is 13.7 Å². The Bertz CT molecular complexity index is 359. The lowest BCUT2D eigenvalue weighted by Gasteiger charge is -2.07. The van der Waals surface area contributed by atoms with Gasteiger partial charge in [0.15, 0.2) is 0 Å². The summed E-state index contributed by atoms with van der Waals surface area (Å²) >= 11 is 11.1. The van der Waals surface area contributed by atoms with Gasteiger partial charge in [-0.2, -0.15) is 0 Å². The van der Waals surface area contributed by atoms with Crippen LogP contribution in [0.3, 0.4) is 0 Å². The van der Waals surface area contributed by atoms with Gasteiger partial charge in [-0.3, -0.25) is 4.79 Å². The zero-order chi connectivity index (χ0) is 11.3. The largest absolute Gasteiger partial charge is 0.325 e. The van der Waals surface area contributed by atoms with Crippen molar-refractivity contribution >= 4 is 61.7 Å². The summed E-state index contributed by atoms with van der Waals surface area (Å²) in [5.74, 6) is 0.513. The smallest absolute Gasteiger partial charge is 0.224 e. The molecule has 0 unspecified atom stereocenters. The average molecular weight is 402 g/mol. The van der Waals surface area contributed by atoms with E-state index in [0.29, 0.717) is 18.7 Å². The Morgan fingerprint density at radius 3 is 2.93 bits per heavy atom. The predicted octanol–water partition coefficient (Wildman–Crippen LogP) is 4.01. The quantitative estimate of drug-likeness (QED) is 0.598. The third-order valence-corrected chi connectivity index (χ3v) is 3.37. The molecule has 0 saturated heterocycles. The Hall–Kier alpha value is 0.190. The van der Waals surface area contributed by atoms with Crippen molar-refractivity contribution in [3.63, 3.8) is 0 Å². The molecular formula is C10H10BrClINO. The molecule has 15 heavy (non-hydrogen) atoms. The van der Waals surface area contributed by atoms with E-state index in [4.69, 9.17) is 11.6 Å². The van der Waals surface area contributed by atoms with Crippen LogP contribution in [0.25, 0.3) is 0 Å². The maximum absolute atomic E-state index is 11.4. The molecule has 0 spiro atoms. The van der Waals surface area contributed by atoms with Crippen molar-refractivity contribution in [2.45, 2.75) is 12.8 Å². The number of carbonyl (C=O) groups is 1. The second-order valence-electron chi connectivity index (χ2n) is 2.96. The van der Waals surface area contributed by atoms with Crippen LogP contribution < -0.4 is 5.32 Å². The fourth-order valence-corrected chi connectivity index (χ4v) is 2.00. The number of alkyl halides is 1. The van der Waals surface area contributed by atoms with Crippen molar-refractivity contribution in [3.05, 3.63) is 26.2 Å². The minimum Gasteiger partial charge on any atom is -0.325 e. The first kappa shape index (κ1) is 13.3. The van der Waals surface area contributed by atoms with Gasteiger partial charge in [0.05, 0.1) is 5.69 Å². The molecule has 1 amide bonds. The second-order valence-corrected chi connectivity index (χ2v) is 5.44. The standard InChI is InChI=1S/C10H10BrClINO/c11-8-4-3-7(13)6-9(8)14-10(15)2-1-5-12/h3-4,6H,1-2,5H2,(H,14,15). The lowest BCUT2D eigenvalue weighted by molar-refractivity contribution is -0.116. The summed E-state index contributed by atoms with van der Waals surface area (Å²) in [5.41, 5.74) is 0.807. The summed E-state index contributed by atoms with van der Waals surface area (Å²) in [5, 5.41) is 2.84. The van der Waals surface area contributed by atoms with E-state index in [1.54, 1.807) is 0 Å². The molecule has 0 aliphatic rings. The maximum atomic E-state index is 11.4. The van der Waals surface area contributed by atoms with Crippen LogP contribution in [-0.4, -0.2) is 11.8 Å². The first-order valence-electron chi connectivity index (χ1n) is 4.44. The van der Waals surface area contributed by atoms with Crippen molar-refractivity contribution in [1.29, 1.82) is 0 Å². The number of anilines is 1. The van der Waals surface area contributed by atoms with E-state index < -0.39 is 0 Å². The molecule has 1 N–H and O–H groups in total. The lowest BCUT2D eigenvalue weighted by Crippen LogP contribution is -2.11. The molecule has 0 aromatic heterocycles. The molecule has 1 rings (SSSR count). The monoisotopic (exact) mass is 401 g/mol. The highest BCUT2D eigenvalue weighted by Crippen LogP contribution is 2.24. The molecule has 82 valence electrons. The second kappa shape index (κ2) is 6.70. The molecular weight excluding hydrogens is 392 g/mol. The highest BCUT2D eigenvalue weighted by Gasteiger charge is 2.05. The number of rotatable bonds is 4. The zero-order valence-corrected chi connectivity index (χ0v) is 12.4. The predicted molar refractivity (Wildman–Crippen MR) is 75.4 cm³/mol. The third kappa shape index (κ3) is 4.70. The van der Waals surface area contributed by atoms with Gasteiger partial charge in [0.1, 0.15) is 0 Å². The van der Waals surface area contributed by atoms with Gasteiger partial charge in [-0.05, 0) is 63.1 Å². The van der Waals surface area contributed by atoms with Gasteiger partial charge in [0, 0.05) is 20.3 Å². The van der Waals surface area contributed by atoms with Crippen molar-refractivity contribution in [1.82, 2.24) is 0 Å². The maximum Gasteiger partial charge on any atom is 0.224 e. The first-order valence-corrected chi connectivity index (χ1v) is 6.85. The van der Waals surface area contributed by atoms with E-state index in [-0.39, 0.29) is 5.91 Å². The van der Waals surface area contributed by atoms with E-state index in [1.165, 1.54) is 0 Å². The van der Waals surface area contributed by atoms with Gasteiger partial charge >= 0.3 is 0 Å². The summed E-state index contributed by atoms with van der Waals surface area (Å²) in [6.07, 6.45) is 1.16. The number of halogens is 3. The summed E-state index contributed by atoms with van der Waals surface area (Å²) in [6, 6.07) is 5.81. The number of carbonyl (C=O) groups excluding carboxylic acids is 1. The number of amides is 1. The van der Waals surface area contributed by atoms with Crippen molar-refractivity contribution < 1.29 is 4.79 Å². The Labute approximate surface area is 116 Å². The van der Waals surface area contributed by atoms with Gasteiger partial charge in [-0.25, -0.2) is 0 Å². The lowest BCUT2D eigenvalue weighted by atomic mass is 10.3. The molecule has 0 heterocycles. The topological polar surface area (TPSA) is 29.1 Å². The fourth-order valence-electron chi connectivity index (χ4n) is 1.03. The molecule has 1 aromatic rings.